The molecular weight excluding hydrogens is 336 g/mol. The Labute approximate surface area is 161 Å². The molecule has 0 aliphatic carbocycles. The quantitative estimate of drug-likeness (QED) is 0.836. The molecule has 5 heteroatoms. The molecule has 0 bridgehead atoms. The molecule has 5 nitrogen and oxygen atoms in total. The molecule has 0 unspecified atom stereocenters. The largest absolute Gasteiger partial charge is 0.336 e. The highest BCUT2D eigenvalue weighted by Crippen LogP contribution is 2.41. The summed E-state index contributed by atoms with van der Waals surface area (Å²) in [4.78, 5) is 26.2. The predicted octanol–water partition coefficient (Wildman–Crippen LogP) is 3.11. The molecule has 1 spiro atoms. The minimum atomic E-state index is 0.149. The van der Waals surface area contributed by atoms with Crippen molar-refractivity contribution >= 4 is 5.91 Å². The molecule has 0 N–H and O–H groups in total. The van der Waals surface area contributed by atoms with Gasteiger partial charge < -0.3 is 4.90 Å². The molecule has 1 amide bonds. The second-order valence-corrected chi connectivity index (χ2v) is 8.24. The summed E-state index contributed by atoms with van der Waals surface area (Å²) in [7, 11) is 0. The Kier molecular flexibility index (Phi) is 4.96. The Morgan fingerprint density at radius 2 is 1.89 bits per heavy atom. The van der Waals surface area contributed by atoms with Gasteiger partial charge in [-0.3, -0.25) is 19.7 Å². The van der Waals surface area contributed by atoms with Gasteiger partial charge in [-0.05, 0) is 69.0 Å². The summed E-state index contributed by atoms with van der Waals surface area (Å²) < 4.78 is 0. The number of likely N-dealkylation sites (tertiary alicyclic amines) is 2. The van der Waals surface area contributed by atoms with Crippen LogP contribution in [0, 0.1) is 19.3 Å². The maximum absolute atomic E-state index is 12.6. The first kappa shape index (κ1) is 18.1. The molecule has 4 heterocycles. The van der Waals surface area contributed by atoms with E-state index in [0.717, 1.165) is 50.4 Å². The number of piperidine rings is 1. The van der Waals surface area contributed by atoms with Crippen LogP contribution in [0.15, 0.2) is 36.5 Å². The second-order valence-electron chi connectivity index (χ2n) is 8.24. The summed E-state index contributed by atoms with van der Waals surface area (Å²) in [5, 5.41) is 0. The van der Waals surface area contributed by atoms with Gasteiger partial charge in [0, 0.05) is 31.4 Å². The average Bonchev–Trinajstić information content (AvgIpc) is 2.94. The van der Waals surface area contributed by atoms with Crippen molar-refractivity contribution in [3.05, 3.63) is 59.2 Å². The number of hydrogen-bond donors (Lipinski definition) is 0. The third-order valence-corrected chi connectivity index (χ3v) is 6.11. The third-order valence-electron chi connectivity index (χ3n) is 6.11. The standard InChI is InChI=1S/C22H28N4O/c1-17-5-4-10-23-20(17)15-25-11-8-22(9-12-25)13-21(27)26(16-22)14-19-7-3-6-18(2)24-19/h3-7,10H,8-9,11-16H2,1-2H3. The van der Waals surface area contributed by atoms with Crippen molar-refractivity contribution in [2.24, 2.45) is 5.41 Å². The molecule has 2 aliphatic rings. The van der Waals surface area contributed by atoms with Crippen molar-refractivity contribution < 1.29 is 4.79 Å². The average molecular weight is 364 g/mol. The van der Waals surface area contributed by atoms with Gasteiger partial charge in [0.05, 0.1) is 17.9 Å². The molecule has 2 saturated heterocycles. The minimum absolute atomic E-state index is 0.149. The van der Waals surface area contributed by atoms with E-state index in [0.29, 0.717) is 13.0 Å². The van der Waals surface area contributed by atoms with Crippen LogP contribution in [0.1, 0.15) is 41.9 Å². The highest BCUT2D eigenvalue weighted by molar-refractivity contribution is 5.79. The molecule has 0 atom stereocenters. The predicted molar refractivity (Wildman–Crippen MR) is 105 cm³/mol. The smallest absolute Gasteiger partial charge is 0.223 e. The lowest BCUT2D eigenvalue weighted by molar-refractivity contribution is -0.128. The highest BCUT2D eigenvalue weighted by Gasteiger charge is 2.44. The molecule has 2 aromatic heterocycles. The molecule has 2 fully saturated rings. The third kappa shape index (κ3) is 4.03. The van der Waals surface area contributed by atoms with E-state index in [9.17, 15) is 4.79 Å². The lowest BCUT2D eigenvalue weighted by atomic mass is 9.77. The minimum Gasteiger partial charge on any atom is -0.336 e. The van der Waals surface area contributed by atoms with Gasteiger partial charge in [0.2, 0.25) is 5.91 Å². The maximum Gasteiger partial charge on any atom is 0.223 e. The molecule has 4 rings (SSSR count). The first-order chi connectivity index (χ1) is 13.0. The number of rotatable bonds is 4. The fourth-order valence-corrected chi connectivity index (χ4v) is 4.42. The number of hydrogen-bond acceptors (Lipinski definition) is 4. The van der Waals surface area contributed by atoms with Crippen LogP contribution in [0.25, 0.3) is 0 Å². The molecule has 2 aliphatic heterocycles. The molecule has 142 valence electrons. The van der Waals surface area contributed by atoms with Crippen molar-refractivity contribution in [3.63, 3.8) is 0 Å². The Morgan fingerprint density at radius 1 is 1.07 bits per heavy atom. The van der Waals surface area contributed by atoms with E-state index in [1.807, 2.05) is 42.3 Å². The first-order valence-corrected chi connectivity index (χ1v) is 9.86. The molecule has 0 saturated carbocycles. The zero-order valence-corrected chi connectivity index (χ0v) is 16.3. The zero-order valence-electron chi connectivity index (χ0n) is 16.3. The fourth-order valence-electron chi connectivity index (χ4n) is 4.42. The lowest BCUT2D eigenvalue weighted by Gasteiger charge is -2.38. The normalized spacial score (nSPS) is 19.8. The Morgan fingerprint density at radius 3 is 2.63 bits per heavy atom. The van der Waals surface area contributed by atoms with Crippen molar-refractivity contribution in [3.8, 4) is 0 Å². The van der Waals surface area contributed by atoms with Gasteiger partial charge in [-0.25, -0.2) is 0 Å². The Balaban J connectivity index is 1.36. The van der Waals surface area contributed by atoms with Crippen LogP contribution in [0.5, 0.6) is 0 Å². The van der Waals surface area contributed by atoms with Crippen LogP contribution < -0.4 is 0 Å². The molecule has 2 aromatic rings. The van der Waals surface area contributed by atoms with Gasteiger partial charge in [0.1, 0.15) is 0 Å². The fraction of sp³-hybridized carbons (Fsp3) is 0.500. The zero-order chi connectivity index (χ0) is 18.9. The van der Waals surface area contributed by atoms with E-state index < -0.39 is 0 Å². The summed E-state index contributed by atoms with van der Waals surface area (Å²) in [6.07, 6.45) is 4.74. The number of pyridine rings is 2. The van der Waals surface area contributed by atoms with Crippen molar-refractivity contribution in [1.82, 2.24) is 19.8 Å². The maximum atomic E-state index is 12.6. The topological polar surface area (TPSA) is 49.3 Å². The van der Waals surface area contributed by atoms with Crippen molar-refractivity contribution in [1.29, 1.82) is 0 Å². The second kappa shape index (κ2) is 7.39. The van der Waals surface area contributed by atoms with Crippen LogP contribution in [0.3, 0.4) is 0 Å². The van der Waals surface area contributed by atoms with Gasteiger partial charge in [-0.1, -0.05) is 12.1 Å². The number of aryl methyl sites for hydroxylation is 2. The summed E-state index contributed by atoms with van der Waals surface area (Å²) in [6.45, 7) is 8.63. The van der Waals surface area contributed by atoms with Gasteiger partial charge in [0.15, 0.2) is 0 Å². The number of nitrogens with zero attached hydrogens (tertiary/aromatic N) is 4. The molecule has 0 aromatic carbocycles. The summed E-state index contributed by atoms with van der Waals surface area (Å²) >= 11 is 0. The number of amides is 1. The van der Waals surface area contributed by atoms with Crippen molar-refractivity contribution in [2.75, 3.05) is 19.6 Å². The van der Waals surface area contributed by atoms with Gasteiger partial charge in [-0.2, -0.15) is 0 Å². The Hall–Kier alpha value is -2.27. The SMILES string of the molecule is Cc1cccc(CN2CC3(CCN(Cc4ncccc4C)CC3)CC2=O)n1. The lowest BCUT2D eigenvalue weighted by Crippen LogP contribution is -2.41. The first-order valence-electron chi connectivity index (χ1n) is 9.86. The molecular formula is C22H28N4O. The van der Waals surface area contributed by atoms with Gasteiger partial charge in [0.25, 0.3) is 0 Å². The summed E-state index contributed by atoms with van der Waals surface area (Å²) in [5.74, 6) is 0.285. The van der Waals surface area contributed by atoms with Crippen LogP contribution in [-0.4, -0.2) is 45.3 Å². The summed E-state index contributed by atoms with van der Waals surface area (Å²) in [6, 6.07) is 10.2. The highest BCUT2D eigenvalue weighted by atomic mass is 16.2. The van der Waals surface area contributed by atoms with Crippen LogP contribution in [-0.2, 0) is 17.9 Å². The van der Waals surface area contributed by atoms with E-state index in [2.05, 4.69) is 27.9 Å². The van der Waals surface area contributed by atoms with E-state index in [1.165, 1.54) is 11.3 Å². The molecule has 27 heavy (non-hydrogen) atoms. The van der Waals surface area contributed by atoms with Crippen LogP contribution >= 0.6 is 0 Å². The van der Waals surface area contributed by atoms with E-state index in [1.54, 1.807) is 0 Å². The van der Waals surface area contributed by atoms with E-state index in [-0.39, 0.29) is 11.3 Å². The molecule has 0 radical (unpaired) electrons. The van der Waals surface area contributed by atoms with Crippen LogP contribution in [0.2, 0.25) is 0 Å². The van der Waals surface area contributed by atoms with Gasteiger partial charge in [-0.15, -0.1) is 0 Å². The van der Waals surface area contributed by atoms with E-state index >= 15 is 0 Å². The number of carbonyl (C=O) groups excluding carboxylic acids is 1. The monoisotopic (exact) mass is 364 g/mol. The number of carbonyl (C=O) groups is 1. The van der Waals surface area contributed by atoms with Crippen molar-refractivity contribution in [2.45, 2.75) is 46.2 Å². The van der Waals surface area contributed by atoms with Crippen LogP contribution in [0.4, 0.5) is 0 Å². The summed E-state index contributed by atoms with van der Waals surface area (Å²) in [5.41, 5.74) is 4.57. The number of aromatic nitrogens is 2. The van der Waals surface area contributed by atoms with E-state index in [4.69, 9.17) is 0 Å². The van der Waals surface area contributed by atoms with Gasteiger partial charge >= 0.3 is 0 Å². The Bertz CT molecular complexity index is 827.